The Morgan fingerprint density at radius 2 is 1.50 bits per heavy atom. The largest absolute Gasteiger partial charge is 0.423 e. The molecule has 3 rings (SSSR count). The molecule has 0 fully saturated rings. The van der Waals surface area contributed by atoms with Crippen molar-refractivity contribution in [3.05, 3.63) is 93.6 Å². The third-order valence-electron chi connectivity index (χ3n) is 3.80. The van der Waals surface area contributed by atoms with Crippen molar-refractivity contribution >= 4 is 52.3 Å². The third kappa shape index (κ3) is 5.98. The van der Waals surface area contributed by atoms with Crippen LogP contribution >= 0.6 is 22.6 Å². The minimum absolute atomic E-state index is 0.378. The number of nitrogens with zero attached hydrogens (tertiary/aromatic N) is 1. The van der Waals surface area contributed by atoms with Crippen molar-refractivity contribution in [3.63, 3.8) is 0 Å². The van der Waals surface area contributed by atoms with E-state index in [9.17, 15) is 14.4 Å². The van der Waals surface area contributed by atoms with Crippen molar-refractivity contribution in [2.45, 2.75) is 0 Å². The lowest BCUT2D eigenvalue weighted by Crippen LogP contribution is -2.32. The summed E-state index contributed by atoms with van der Waals surface area (Å²) >= 11 is 2.07. The number of halogens is 1. The van der Waals surface area contributed by atoms with Gasteiger partial charge in [0.1, 0.15) is 5.75 Å². The lowest BCUT2D eigenvalue weighted by molar-refractivity contribution is -0.136. The fourth-order valence-corrected chi connectivity index (χ4v) is 2.94. The minimum Gasteiger partial charge on any atom is -0.423 e. The Balaban J connectivity index is 1.52. The number of hydrazone groups is 1. The molecule has 0 heterocycles. The smallest absolute Gasteiger partial charge is 0.344 e. The van der Waals surface area contributed by atoms with Crippen LogP contribution in [0, 0.1) is 3.57 Å². The topological polar surface area (TPSA) is 96.9 Å². The summed E-state index contributed by atoms with van der Waals surface area (Å²) < 4.78 is 6.16. The number of rotatable bonds is 5. The predicted molar refractivity (Wildman–Crippen MR) is 121 cm³/mol. The third-order valence-corrected chi connectivity index (χ3v) is 4.74. The number of hydrogen-bond donors (Lipinski definition) is 2. The molecular formula is C22H16IN3O4. The number of carbonyl (C=O) groups is 3. The highest BCUT2D eigenvalue weighted by Crippen LogP contribution is 2.17. The van der Waals surface area contributed by atoms with Crippen molar-refractivity contribution in [2.75, 3.05) is 5.32 Å². The number of esters is 1. The zero-order valence-corrected chi connectivity index (χ0v) is 17.7. The van der Waals surface area contributed by atoms with E-state index in [4.69, 9.17) is 4.74 Å². The molecule has 3 aromatic rings. The van der Waals surface area contributed by atoms with Gasteiger partial charge in [0.25, 0.3) is 0 Å². The standard InChI is InChI=1S/C22H16IN3O4/c23-19-9-5-4-8-18(19)22(29)30-17-12-10-15(11-13-17)14-24-26-21(28)20(27)25-16-6-2-1-3-7-16/h1-14H,(H,25,27)(H,26,28). The molecule has 30 heavy (non-hydrogen) atoms. The molecule has 0 unspecified atom stereocenters. The zero-order chi connectivity index (χ0) is 21.3. The summed E-state index contributed by atoms with van der Waals surface area (Å²) in [5, 5.41) is 6.22. The Kier molecular flexibility index (Phi) is 7.28. The van der Waals surface area contributed by atoms with Crippen LogP contribution in [0.4, 0.5) is 5.69 Å². The molecule has 0 aliphatic carbocycles. The maximum atomic E-state index is 12.2. The fraction of sp³-hybridized carbons (Fsp3) is 0. The lowest BCUT2D eigenvalue weighted by Gasteiger charge is -2.06. The number of carbonyl (C=O) groups excluding carboxylic acids is 3. The van der Waals surface area contributed by atoms with Gasteiger partial charge in [-0.1, -0.05) is 30.3 Å². The molecule has 0 aromatic heterocycles. The summed E-state index contributed by atoms with van der Waals surface area (Å²) in [4.78, 5) is 35.8. The second-order valence-corrected chi connectivity index (χ2v) is 7.12. The molecule has 0 bridgehead atoms. The molecule has 0 radical (unpaired) electrons. The first-order valence-corrected chi connectivity index (χ1v) is 9.87. The van der Waals surface area contributed by atoms with Gasteiger partial charge >= 0.3 is 17.8 Å². The summed E-state index contributed by atoms with van der Waals surface area (Å²) in [5.41, 5.74) is 3.80. The summed E-state index contributed by atoms with van der Waals surface area (Å²) in [6.45, 7) is 0. The van der Waals surface area contributed by atoms with Crippen molar-refractivity contribution in [2.24, 2.45) is 5.10 Å². The molecule has 0 aliphatic rings. The highest BCUT2D eigenvalue weighted by atomic mass is 127. The van der Waals surface area contributed by atoms with Crippen LogP contribution in [0.5, 0.6) is 5.75 Å². The quantitative estimate of drug-likeness (QED) is 0.136. The Bertz CT molecular complexity index is 1080. The van der Waals surface area contributed by atoms with E-state index in [-0.39, 0.29) is 0 Å². The second-order valence-electron chi connectivity index (χ2n) is 5.96. The van der Waals surface area contributed by atoms with E-state index < -0.39 is 17.8 Å². The van der Waals surface area contributed by atoms with Crippen LogP contribution in [0.2, 0.25) is 0 Å². The van der Waals surface area contributed by atoms with Crippen LogP contribution in [-0.4, -0.2) is 24.0 Å². The van der Waals surface area contributed by atoms with Gasteiger partial charge in [-0.3, -0.25) is 9.59 Å². The first-order valence-electron chi connectivity index (χ1n) is 8.79. The second kappa shape index (κ2) is 10.3. The van der Waals surface area contributed by atoms with Crippen LogP contribution in [0.1, 0.15) is 15.9 Å². The molecule has 2 N–H and O–H groups in total. The molecule has 3 aromatic carbocycles. The van der Waals surface area contributed by atoms with Gasteiger partial charge in [0, 0.05) is 9.26 Å². The average Bonchev–Trinajstić information content (AvgIpc) is 2.76. The van der Waals surface area contributed by atoms with Gasteiger partial charge in [-0.05, 0) is 76.7 Å². The fourth-order valence-electron chi connectivity index (χ4n) is 2.34. The van der Waals surface area contributed by atoms with Gasteiger partial charge in [-0.25, -0.2) is 10.2 Å². The number of amides is 2. The van der Waals surface area contributed by atoms with Crippen molar-refractivity contribution in [3.8, 4) is 5.75 Å². The van der Waals surface area contributed by atoms with Gasteiger partial charge in [0.05, 0.1) is 11.8 Å². The first kappa shape index (κ1) is 21.2. The molecule has 0 saturated carbocycles. The van der Waals surface area contributed by atoms with Gasteiger partial charge < -0.3 is 10.1 Å². The van der Waals surface area contributed by atoms with Crippen LogP contribution in [0.3, 0.4) is 0 Å². The first-order chi connectivity index (χ1) is 14.5. The number of hydrogen-bond acceptors (Lipinski definition) is 5. The molecule has 0 spiro atoms. The molecule has 0 saturated heterocycles. The van der Waals surface area contributed by atoms with E-state index in [0.29, 0.717) is 22.6 Å². The number of anilines is 1. The number of benzene rings is 3. The molecule has 2 amide bonds. The van der Waals surface area contributed by atoms with E-state index in [2.05, 4.69) is 38.4 Å². The molecule has 8 heteroatoms. The zero-order valence-electron chi connectivity index (χ0n) is 15.5. The highest BCUT2D eigenvalue weighted by Gasteiger charge is 2.13. The monoisotopic (exact) mass is 513 g/mol. The average molecular weight is 513 g/mol. The van der Waals surface area contributed by atoms with Crippen molar-refractivity contribution in [1.29, 1.82) is 0 Å². The Labute approximate surface area is 186 Å². The predicted octanol–water partition coefficient (Wildman–Crippen LogP) is 3.60. The summed E-state index contributed by atoms with van der Waals surface area (Å²) in [6, 6.07) is 22.3. The number of para-hydroxylation sites is 1. The summed E-state index contributed by atoms with van der Waals surface area (Å²) in [5.74, 6) is -1.78. The maximum Gasteiger partial charge on any atom is 0.344 e. The van der Waals surface area contributed by atoms with Gasteiger partial charge in [0.2, 0.25) is 0 Å². The molecule has 0 aliphatic heterocycles. The Morgan fingerprint density at radius 3 is 2.20 bits per heavy atom. The van der Waals surface area contributed by atoms with E-state index in [1.165, 1.54) is 6.21 Å². The molecular weight excluding hydrogens is 497 g/mol. The van der Waals surface area contributed by atoms with Crippen LogP contribution < -0.4 is 15.5 Å². The van der Waals surface area contributed by atoms with Crippen molar-refractivity contribution < 1.29 is 19.1 Å². The van der Waals surface area contributed by atoms with E-state index in [1.54, 1.807) is 66.7 Å². The molecule has 7 nitrogen and oxygen atoms in total. The highest BCUT2D eigenvalue weighted by molar-refractivity contribution is 14.1. The van der Waals surface area contributed by atoms with E-state index >= 15 is 0 Å². The molecule has 150 valence electrons. The van der Waals surface area contributed by atoms with Gasteiger partial charge in [-0.2, -0.15) is 5.10 Å². The molecule has 0 atom stereocenters. The SMILES string of the molecule is O=C(NN=Cc1ccc(OC(=O)c2ccccc2I)cc1)C(=O)Nc1ccccc1. The summed E-state index contributed by atoms with van der Waals surface area (Å²) in [6.07, 6.45) is 1.37. The lowest BCUT2D eigenvalue weighted by atomic mass is 10.2. The summed E-state index contributed by atoms with van der Waals surface area (Å²) in [7, 11) is 0. The van der Waals surface area contributed by atoms with Crippen LogP contribution in [0.25, 0.3) is 0 Å². The number of nitrogens with one attached hydrogen (secondary N) is 2. The minimum atomic E-state index is -0.891. The van der Waals surface area contributed by atoms with Crippen LogP contribution in [-0.2, 0) is 9.59 Å². The number of ether oxygens (including phenoxy) is 1. The van der Waals surface area contributed by atoms with Gasteiger partial charge in [0.15, 0.2) is 0 Å². The Hall–Kier alpha value is -3.53. The normalized spacial score (nSPS) is 10.4. The van der Waals surface area contributed by atoms with Crippen LogP contribution in [0.15, 0.2) is 84.0 Å². The maximum absolute atomic E-state index is 12.2. The van der Waals surface area contributed by atoms with E-state index in [1.807, 2.05) is 12.1 Å². The van der Waals surface area contributed by atoms with Gasteiger partial charge in [-0.15, -0.1) is 0 Å². The van der Waals surface area contributed by atoms with Crippen molar-refractivity contribution in [1.82, 2.24) is 5.43 Å². The Morgan fingerprint density at radius 1 is 0.833 bits per heavy atom. The van der Waals surface area contributed by atoms with E-state index in [0.717, 1.165) is 3.57 Å².